The van der Waals surface area contributed by atoms with Crippen molar-refractivity contribution in [3.8, 4) is 17.8 Å². The number of benzene rings is 3. The second-order valence-corrected chi connectivity index (χ2v) is 9.49. The number of nitrogens with zero attached hydrogens (tertiary/aromatic N) is 3. The summed E-state index contributed by atoms with van der Waals surface area (Å²) < 4.78 is 30.7. The van der Waals surface area contributed by atoms with Gasteiger partial charge in [0.1, 0.15) is 44.0 Å². The van der Waals surface area contributed by atoms with Gasteiger partial charge in [-0.1, -0.05) is 12.1 Å². The highest BCUT2D eigenvalue weighted by Gasteiger charge is 2.23. The Labute approximate surface area is 278 Å². The lowest BCUT2D eigenvalue weighted by molar-refractivity contribution is -0.150. The number of aliphatic imine (C=N–C) groups is 2. The van der Waals surface area contributed by atoms with E-state index in [0.717, 1.165) is 0 Å². The molecule has 0 aliphatic heterocycles. The second kappa shape index (κ2) is 20.6. The number of esters is 3. The van der Waals surface area contributed by atoms with E-state index in [1.54, 1.807) is 18.4 Å². The predicted molar refractivity (Wildman–Crippen MR) is 165 cm³/mol. The Morgan fingerprint density at radius 3 is 1.90 bits per heavy atom. The molecule has 1 amide bonds. The number of rotatable bonds is 19. The van der Waals surface area contributed by atoms with Crippen LogP contribution in [0, 0.1) is 11.5 Å². The Morgan fingerprint density at radius 2 is 1.29 bits per heavy atom. The first-order chi connectivity index (χ1) is 23.8. The number of isocyanates is 2. The molecule has 3 rings (SSSR count). The number of hydrogen-bond donors (Lipinski definition) is 1. The van der Waals surface area contributed by atoms with E-state index >= 15 is 0 Å². The molecule has 16 nitrogen and oxygen atoms in total. The Bertz CT molecular complexity index is 1710. The number of nitriles is 1. The van der Waals surface area contributed by atoms with Crippen LogP contribution in [0.15, 0.2) is 82.8 Å². The van der Waals surface area contributed by atoms with Gasteiger partial charge in [0.05, 0.1) is 30.2 Å². The maximum atomic E-state index is 12.9. The van der Waals surface area contributed by atoms with Gasteiger partial charge in [-0.25, -0.2) is 24.0 Å². The van der Waals surface area contributed by atoms with Crippen LogP contribution in [0.25, 0.3) is 0 Å². The Balaban J connectivity index is 1.44. The van der Waals surface area contributed by atoms with E-state index in [0.29, 0.717) is 16.9 Å². The molecule has 3 aromatic carbocycles. The summed E-state index contributed by atoms with van der Waals surface area (Å²) in [5.74, 6) is -2.34. The van der Waals surface area contributed by atoms with Gasteiger partial charge in [0.15, 0.2) is 0 Å². The number of nitrogens with one attached hydrogen (secondary N) is 1. The number of amides is 1. The third-order valence-corrected chi connectivity index (χ3v) is 6.05. The summed E-state index contributed by atoms with van der Waals surface area (Å²) in [6.07, 6.45) is 4.36. The summed E-state index contributed by atoms with van der Waals surface area (Å²) in [4.78, 5) is 77.1. The summed E-state index contributed by atoms with van der Waals surface area (Å²) in [6, 6.07) is 16.6. The van der Waals surface area contributed by atoms with Crippen molar-refractivity contribution in [2.45, 2.75) is 12.5 Å². The zero-order valence-electron chi connectivity index (χ0n) is 25.7. The van der Waals surface area contributed by atoms with Crippen LogP contribution in [0.4, 0.5) is 11.4 Å². The van der Waals surface area contributed by atoms with Crippen LogP contribution >= 0.6 is 0 Å². The van der Waals surface area contributed by atoms with Crippen molar-refractivity contribution in [1.82, 2.24) is 5.32 Å². The average Bonchev–Trinajstić information content (AvgIpc) is 3.10. The van der Waals surface area contributed by atoms with Crippen molar-refractivity contribution in [1.29, 1.82) is 5.26 Å². The fourth-order valence-electron chi connectivity index (χ4n) is 3.84. The van der Waals surface area contributed by atoms with Crippen molar-refractivity contribution < 1.29 is 57.2 Å². The molecule has 0 aliphatic carbocycles. The van der Waals surface area contributed by atoms with E-state index in [-0.39, 0.29) is 49.9 Å². The molecule has 3 aromatic rings. The van der Waals surface area contributed by atoms with Gasteiger partial charge in [-0.3, -0.25) is 4.79 Å². The quantitative estimate of drug-likeness (QED) is 0.0484. The molecule has 0 spiro atoms. The third-order valence-electron chi connectivity index (χ3n) is 6.05. The molecule has 0 heterocycles. The first kappa shape index (κ1) is 37.0. The van der Waals surface area contributed by atoms with Gasteiger partial charge in [-0.15, -0.1) is 5.26 Å². The average molecular weight is 673 g/mol. The van der Waals surface area contributed by atoms with Crippen LogP contribution in [0.3, 0.4) is 0 Å². The summed E-state index contributed by atoms with van der Waals surface area (Å²) in [5, 5.41) is 11.2. The van der Waals surface area contributed by atoms with Gasteiger partial charge < -0.3 is 33.7 Å². The normalized spacial score (nSPS) is 10.6. The molecule has 16 heteroatoms. The van der Waals surface area contributed by atoms with Crippen molar-refractivity contribution in [2.24, 2.45) is 9.98 Å². The third kappa shape index (κ3) is 13.8. The maximum absolute atomic E-state index is 12.9. The fraction of sp³-hybridized carbons (Fsp3) is 0.242. The molecular weight excluding hydrogens is 644 g/mol. The van der Waals surface area contributed by atoms with E-state index in [9.17, 15) is 28.8 Å². The fourth-order valence-corrected chi connectivity index (χ4v) is 3.84. The molecule has 0 aliphatic rings. The van der Waals surface area contributed by atoms with Crippen LogP contribution < -0.4 is 14.8 Å². The zero-order chi connectivity index (χ0) is 35.3. The molecular formula is C33H28N4O12. The van der Waals surface area contributed by atoms with E-state index < -0.39 is 43.1 Å². The van der Waals surface area contributed by atoms with Crippen molar-refractivity contribution in [3.63, 3.8) is 0 Å². The summed E-state index contributed by atoms with van der Waals surface area (Å²) in [6.45, 7) is -1.61. The van der Waals surface area contributed by atoms with Gasteiger partial charge in [0.25, 0.3) is 6.26 Å². The molecule has 1 atom stereocenters. The monoisotopic (exact) mass is 672 g/mol. The largest absolute Gasteiger partial charge is 0.462 e. The minimum absolute atomic E-state index is 0.0100. The Morgan fingerprint density at radius 1 is 0.714 bits per heavy atom. The van der Waals surface area contributed by atoms with E-state index in [1.165, 1.54) is 72.8 Å². The maximum Gasteiger partial charge on any atom is 0.338 e. The summed E-state index contributed by atoms with van der Waals surface area (Å²) in [7, 11) is 0. The van der Waals surface area contributed by atoms with Gasteiger partial charge in [0, 0.05) is 6.42 Å². The van der Waals surface area contributed by atoms with Crippen molar-refractivity contribution in [3.05, 3.63) is 83.9 Å². The molecule has 252 valence electrons. The molecule has 1 N–H and O–H groups in total. The summed E-state index contributed by atoms with van der Waals surface area (Å²) in [5.41, 5.74) is 1.49. The lowest BCUT2D eigenvalue weighted by Gasteiger charge is -2.18. The minimum atomic E-state index is -1.15. The highest BCUT2D eigenvalue weighted by molar-refractivity contribution is 5.89. The lowest BCUT2D eigenvalue weighted by atomic mass is 10.1. The Hall–Kier alpha value is -6.49. The van der Waals surface area contributed by atoms with Crippen molar-refractivity contribution >= 4 is 47.3 Å². The molecule has 0 aromatic heterocycles. The topological polar surface area (TPSA) is 218 Å². The van der Waals surface area contributed by atoms with Crippen LogP contribution in [0.5, 0.6) is 11.5 Å². The molecule has 0 bridgehead atoms. The van der Waals surface area contributed by atoms with E-state index in [4.69, 9.17) is 33.7 Å². The molecule has 1 unspecified atom stereocenters. The minimum Gasteiger partial charge on any atom is -0.462 e. The second-order valence-electron chi connectivity index (χ2n) is 9.49. The van der Waals surface area contributed by atoms with Gasteiger partial charge >= 0.3 is 17.9 Å². The highest BCUT2D eigenvalue weighted by atomic mass is 16.6. The molecule has 0 radical (unpaired) electrons. The van der Waals surface area contributed by atoms with Gasteiger partial charge in [-0.05, 0) is 66.2 Å². The number of carbonyl (C=O) groups is 4. The lowest BCUT2D eigenvalue weighted by Crippen LogP contribution is -2.45. The highest BCUT2D eigenvalue weighted by Crippen LogP contribution is 2.18. The van der Waals surface area contributed by atoms with Crippen molar-refractivity contribution in [2.75, 3.05) is 39.6 Å². The first-order valence-corrected chi connectivity index (χ1v) is 14.3. The molecule has 0 saturated carbocycles. The number of hydrogen-bond acceptors (Lipinski definition) is 15. The Kier molecular flexibility index (Phi) is 15.5. The SMILES string of the molecule is N#COc1ccc(CC(NC(=O)COCCOC(=O)c2ccc(N=C=O)cc2)C(=O)OCCOCC(=O)Oc2ccc(N=C=O)cc2)cc1. The van der Waals surface area contributed by atoms with Crippen LogP contribution in [0.1, 0.15) is 15.9 Å². The summed E-state index contributed by atoms with van der Waals surface area (Å²) >= 11 is 0. The molecule has 0 fully saturated rings. The molecule has 49 heavy (non-hydrogen) atoms. The number of carbonyl (C=O) groups excluding carboxylic acids is 6. The van der Waals surface area contributed by atoms with Gasteiger partial charge in [0.2, 0.25) is 18.1 Å². The van der Waals surface area contributed by atoms with Gasteiger partial charge in [-0.2, -0.15) is 9.98 Å². The number of ether oxygens (including phenoxy) is 6. The smallest absolute Gasteiger partial charge is 0.338 e. The first-order valence-electron chi connectivity index (χ1n) is 14.3. The van der Waals surface area contributed by atoms with E-state index in [1.807, 2.05) is 0 Å². The van der Waals surface area contributed by atoms with Crippen LogP contribution in [-0.2, 0) is 49.3 Å². The van der Waals surface area contributed by atoms with Crippen LogP contribution in [0.2, 0.25) is 0 Å². The standard InChI is InChI=1S/C33H28N4O12/c34-20-48-27-9-1-23(2-10-27)17-29(33(43)47-16-14-45-19-31(41)49-28-11-7-26(8-12-28)36-22-39)37-30(40)18-44-13-15-46-32(42)24-3-5-25(6-4-24)35-21-38/h1-12,29H,13-19H2,(H,37,40). The van der Waals surface area contributed by atoms with E-state index in [2.05, 4.69) is 15.3 Å². The zero-order valence-corrected chi connectivity index (χ0v) is 25.7. The predicted octanol–water partition coefficient (Wildman–Crippen LogP) is 2.55. The molecule has 0 saturated heterocycles. The van der Waals surface area contributed by atoms with Crippen LogP contribution in [-0.4, -0.2) is 81.7 Å².